The van der Waals surface area contributed by atoms with Gasteiger partial charge in [-0.1, -0.05) is 17.7 Å². The third-order valence-corrected chi connectivity index (χ3v) is 5.82. The number of carbonyl (C=O) groups excluding carboxylic acids is 2. The molecule has 1 aromatic rings. The number of amides is 2. The van der Waals surface area contributed by atoms with E-state index in [-0.39, 0.29) is 41.9 Å². The van der Waals surface area contributed by atoms with E-state index in [0.29, 0.717) is 18.1 Å². The van der Waals surface area contributed by atoms with Crippen LogP contribution >= 0.6 is 11.6 Å². The molecule has 154 valence electrons. The summed E-state index contributed by atoms with van der Waals surface area (Å²) in [6, 6.07) is 7.17. The van der Waals surface area contributed by atoms with Gasteiger partial charge in [0.25, 0.3) is 0 Å². The quantitative estimate of drug-likeness (QED) is 0.815. The van der Waals surface area contributed by atoms with Gasteiger partial charge in [-0.25, -0.2) is 0 Å². The van der Waals surface area contributed by atoms with Crippen LogP contribution in [-0.2, 0) is 14.3 Å². The molecular weight excluding hydrogens is 378 g/mol. The third-order valence-electron chi connectivity index (χ3n) is 5.59. The lowest BCUT2D eigenvalue weighted by molar-refractivity contribution is -0.127. The molecule has 2 aliphatic heterocycles. The van der Waals surface area contributed by atoms with Crippen molar-refractivity contribution in [2.24, 2.45) is 5.92 Å². The van der Waals surface area contributed by atoms with Gasteiger partial charge in [0.05, 0.1) is 18.1 Å². The molecule has 3 atom stereocenters. The van der Waals surface area contributed by atoms with Crippen LogP contribution in [0.15, 0.2) is 24.3 Å². The molecule has 0 radical (unpaired) electrons. The lowest BCUT2D eigenvalue weighted by atomic mass is 9.99. The summed E-state index contributed by atoms with van der Waals surface area (Å²) in [5.74, 6) is -0.456. The topological polar surface area (TPSA) is 61.9 Å². The van der Waals surface area contributed by atoms with Gasteiger partial charge in [-0.05, 0) is 45.9 Å². The summed E-state index contributed by atoms with van der Waals surface area (Å²) in [5, 5.41) is 3.65. The molecule has 2 fully saturated rings. The van der Waals surface area contributed by atoms with Crippen LogP contribution in [0.25, 0.3) is 0 Å². The Kier molecular flexibility index (Phi) is 6.32. The minimum atomic E-state index is -0.343. The molecule has 2 saturated heterocycles. The number of halogens is 1. The number of rotatable bonds is 5. The van der Waals surface area contributed by atoms with E-state index >= 15 is 0 Å². The fraction of sp³-hybridized carbons (Fsp3) is 0.619. The maximum absolute atomic E-state index is 12.7. The molecule has 0 unspecified atom stereocenters. The van der Waals surface area contributed by atoms with Crippen LogP contribution in [0.4, 0.5) is 5.69 Å². The first-order valence-electron chi connectivity index (χ1n) is 9.90. The highest BCUT2D eigenvalue weighted by atomic mass is 35.5. The largest absolute Gasteiger partial charge is 0.373 e. The van der Waals surface area contributed by atoms with Crippen molar-refractivity contribution in [3.8, 4) is 0 Å². The molecule has 2 aliphatic rings. The summed E-state index contributed by atoms with van der Waals surface area (Å²) in [5.41, 5.74) is 0.557. The Bertz CT molecular complexity index is 729. The van der Waals surface area contributed by atoms with Crippen molar-refractivity contribution in [1.29, 1.82) is 0 Å². The van der Waals surface area contributed by atoms with Crippen molar-refractivity contribution >= 4 is 29.1 Å². The summed E-state index contributed by atoms with van der Waals surface area (Å²) >= 11 is 6.03. The Morgan fingerprint density at radius 1 is 1.25 bits per heavy atom. The van der Waals surface area contributed by atoms with Gasteiger partial charge in [-0.15, -0.1) is 0 Å². The summed E-state index contributed by atoms with van der Waals surface area (Å²) in [4.78, 5) is 29.1. The zero-order valence-electron chi connectivity index (χ0n) is 17.1. The highest BCUT2D eigenvalue weighted by molar-refractivity contribution is 6.31. The highest BCUT2D eigenvalue weighted by Gasteiger charge is 2.37. The standard InChI is InChI=1S/C21H30ClN3O3/c1-14-10-24(11-15(2)28-14)21(3,4)13-23-20(27)16-8-19(26)25(12-16)18-7-5-6-17(22)9-18/h5-7,9,14-16H,8,10-13H2,1-4H3,(H,23,27)/t14-,15+,16-/m0/s1. The molecule has 0 saturated carbocycles. The molecule has 2 heterocycles. The zero-order valence-corrected chi connectivity index (χ0v) is 17.8. The first-order chi connectivity index (χ1) is 13.2. The van der Waals surface area contributed by atoms with Crippen LogP contribution in [0.5, 0.6) is 0 Å². The Labute approximate surface area is 172 Å². The molecule has 0 aliphatic carbocycles. The number of hydrogen-bond acceptors (Lipinski definition) is 4. The maximum Gasteiger partial charge on any atom is 0.227 e. The van der Waals surface area contributed by atoms with Crippen LogP contribution in [-0.4, -0.2) is 60.6 Å². The van der Waals surface area contributed by atoms with Gasteiger partial charge >= 0.3 is 0 Å². The van der Waals surface area contributed by atoms with E-state index < -0.39 is 0 Å². The summed E-state index contributed by atoms with van der Waals surface area (Å²) < 4.78 is 5.81. The normalized spacial score (nSPS) is 26.5. The fourth-order valence-electron chi connectivity index (χ4n) is 4.01. The number of morpholine rings is 1. The average molecular weight is 408 g/mol. The van der Waals surface area contributed by atoms with Crippen molar-refractivity contribution in [3.05, 3.63) is 29.3 Å². The van der Waals surface area contributed by atoms with Gasteiger partial charge < -0.3 is 15.0 Å². The number of nitrogens with zero attached hydrogens (tertiary/aromatic N) is 2. The zero-order chi connectivity index (χ0) is 20.5. The van der Waals surface area contributed by atoms with Gasteiger partial charge in [0.1, 0.15) is 0 Å². The molecule has 28 heavy (non-hydrogen) atoms. The molecule has 0 aromatic heterocycles. The van der Waals surface area contributed by atoms with Gasteiger partial charge in [0.2, 0.25) is 11.8 Å². The summed E-state index contributed by atoms with van der Waals surface area (Å²) in [6.45, 7) is 11.0. The molecule has 3 rings (SSSR count). The van der Waals surface area contributed by atoms with E-state index in [1.807, 2.05) is 12.1 Å². The smallest absolute Gasteiger partial charge is 0.227 e. The fourth-order valence-corrected chi connectivity index (χ4v) is 4.19. The summed E-state index contributed by atoms with van der Waals surface area (Å²) in [6.07, 6.45) is 0.583. The third kappa shape index (κ3) is 4.85. The molecule has 1 aromatic carbocycles. The molecule has 2 amide bonds. The Hall–Kier alpha value is -1.63. The molecule has 6 nitrogen and oxygen atoms in total. The number of hydrogen-bond donors (Lipinski definition) is 1. The predicted molar refractivity (Wildman–Crippen MR) is 111 cm³/mol. The van der Waals surface area contributed by atoms with Crippen molar-refractivity contribution in [2.75, 3.05) is 31.1 Å². The van der Waals surface area contributed by atoms with Gasteiger partial charge in [0, 0.05) is 48.8 Å². The SMILES string of the molecule is C[C@@H]1CN(C(C)(C)CNC(=O)[C@H]2CC(=O)N(c3cccc(Cl)c3)C2)C[C@H](C)O1. The predicted octanol–water partition coefficient (Wildman–Crippen LogP) is 2.70. The highest BCUT2D eigenvalue weighted by Crippen LogP contribution is 2.27. The van der Waals surface area contributed by atoms with E-state index in [1.54, 1.807) is 17.0 Å². The van der Waals surface area contributed by atoms with Crippen molar-refractivity contribution in [2.45, 2.75) is 51.9 Å². The Balaban J connectivity index is 1.57. The number of ether oxygens (including phenoxy) is 1. The number of benzene rings is 1. The minimum Gasteiger partial charge on any atom is -0.373 e. The van der Waals surface area contributed by atoms with E-state index in [2.05, 4.69) is 37.9 Å². The van der Waals surface area contributed by atoms with Gasteiger partial charge in [0.15, 0.2) is 0 Å². The maximum atomic E-state index is 12.7. The minimum absolute atomic E-state index is 0.0440. The van der Waals surface area contributed by atoms with Gasteiger partial charge in [-0.2, -0.15) is 0 Å². The Morgan fingerprint density at radius 3 is 2.57 bits per heavy atom. The second kappa shape index (κ2) is 8.39. The molecule has 0 spiro atoms. The van der Waals surface area contributed by atoms with E-state index in [4.69, 9.17) is 16.3 Å². The number of anilines is 1. The molecule has 7 heteroatoms. The van der Waals surface area contributed by atoms with Gasteiger partial charge in [-0.3, -0.25) is 14.5 Å². The average Bonchev–Trinajstić information content (AvgIpc) is 3.01. The lowest BCUT2D eigenvalue weighted by Gasteiger charge is -2.45. The summed E-state index contributed by atoms with van der Waals surface area (Å²) in [7, 11) is 0. The van der Waals surface area contributed by atoms with Crippen molar-refractivity contribution < 1.29 is 14.3 Å². The molecular formula is C21H30ClN3O3. The first kappa shape index (κ1) is 21.1. The second-order valence-corrected chi connectivity index (χ2v) is 9.01. The van der Waals surface area contributed by atoms with Crippen molar-refractivity contribution in [3.63, 3.8) is 0 Å². The molecule has 0 bridgehead atoms. The van der Waals surface area contributed by atoms with E-state index in [1.165, 1.54) is 0 Å². The second-order valence-electron chi connectivity index (χ2n) is 8.58. The van der Waals surface area contributed by atoms with Crippen LogP contribution in [0.2, 0.25) is 5.02 Å². The molecule has 1 N–H and O–H groups in total. The monoisotopic (exact) mass is 407 g/mol. The number of carbonyl (C=O) groups is 2. The van der Waals surface area contributed by atoms with E-state index in [9.17, 15) is 9.59 Å². The van der Waals surface area contributed by atoms with Crippen LogP contribution in [0.3, 0.4) is 0 Å². The van der Waals surface area contributed by atoms with Crippen LogP contribution in [0, 0.1) is 5.92 Å². The van der Waals surface area contributed by atoms with Crippen LogP contribution < -0.4 is 10.2 Å². The Morgan fingerprint density at radius 2 is 1.93 bits per heavy atom. The van der Waals surface area contributed by atoms with Crippen LogP contribution in [0.1, 0.15) is 34.1 Å². The van der Waals surface area contributed by atoms with Crippen molar-refractivity contribution in [1.82, 2.24) is 10.2 Å². The number of nitrogens with one attached hydrogen (secondary N) is 1. The first-order valence-corrected chi connectivity index (χ1v) is 10.3. The lowest BCUT2D eigenvalue weighted by Crippen LogP contribution is -2.59. The van der Waals surface area contributed by atoms with E-state index in [0.717, 1.165) is 18.8 Å².